The first-order valence-corrected chi connectivity index (χ1v) is 6.81. The van der Waals surface area contributed by atoms with Crippen LogP contribution >= 0.6 is 11.6 Å². The molecule has 2 aromatic carbocycles. The lowest BCUT2D eigenvalue weighted by Gasteiger charge is -2.08. The van der Waals surface area contributed by atoms with Crippen molar-refractivity contribution < 1.29 is 4.79 Å². The molecule has 0 fully saturated rings. The van der Waals surface area contributed by atoms with E-state index in [-0.39, 0.29) is 5.91 Å². The van der Waals surface area contributed by atoms with Gasteiger partial charge in [0, 0.05) is 10.7 Å². The highest BCUT2D eigenvalue weighted by atomic mass is 35.5. The first-order valence-electron chi connectivity index (χ1n) is 6.44. The molecule has 0 aliphatic heterocycles. The number of fused-ring (bicyclic) bond motifs is 1. The number of nitrogens with one attached hydrogen (secondary N) is 1. The number of nitrogens with zero attached hydrogens (tertiary/aromatic N) is 2. The number of hydrogen-bond donors (Lipinski definition) is 1. The molecule has 1 aromatic heterocycles. The minimum Gasteiger partial charge on any atom is -0.321 e. The zero-order valence-electron chi connectivity index (χ0n) is 11.3. The largest absolute Gasteiger partial charge is 0.321 e. The summed E-state index contributed by atoms with van der Waals surface area (Å²) < 4.78 is 0. The molecule has 4 nitrogen and oxygen atoms in total. The lowest BCUT2D eigenvalue weighted by Crippen LogP contribution is -2.16. The van der Waals surface area contributed by atoms with Crippen LogP contribution < -0.4 is 5.32 Å². The van der Waals surface area contributed by atoms with E-state index in [1.165, 1.54) is 0 Å². The van der Waals surface area contributed by atoms with Crippen LogP contribution in [0, 0.1) is 6.92 Å². The number of rotatable bonds is 2. The van der Waals surface area contributed by atoms with Crippen molar-refractivity contribution in [3.05, 3.63) is 64.9 Å². The van der Waals surface area contributed by atoms with Gasteiger partial charge in [0.15, 0.2) is 0 Å². The van der Waals surface area contributed by atoms with E-state index in [9.17, 15) is 4.79 Å². The maximum Gasteiger partial charge on any atom is 0.276 e. The average molecular weight is 298 g/mol. The molecule has 104 valence electrons. The van der Waals surface area contributed by atoms with Gasteiger partial charge in [-0.25, -0.2) is 9.97 Å². The normalized spacial score (nSPS) is 10.6. The molecule has 3 aromatic rings. The zero-order valence-corrected chi connectivity index (χ0v) is 12.1. The van der Waals surface area contributed by atoms with Crippen LogP contribution in [0.3, 0.4) is 0 Å². The van der Waals surface area contributed by atoms with Crippen LogP contribution in [0.5, 0.6) is 0 Å². The number of para-hydroxylation sites is 2. The van der Waals surface area contributed by atoms with Crippen LogP contribution in [0.25, 0.3) is 11.0 Å². The van der Waals surface area contributed by atoms with Crippen molar-refractivity contribution in [3.8, 4) is 0 Å². The Bertz CT molecular complexity index is 833. The van der Waals surface area contributed by atoms with Crippen LogP contribution in [0.4, 0.5) is 5.69 Å². The van der Waals surface area contributed by atoms with Crippen molar-refractivity contribution in [1.82, 2.24) is 9.97 Å². The Kier molecular flexibility index (Phi) is 3.54. The Labute approximate surface area is 126 Å². The lowest BCUT2D eigenvalue weighted by atomic mass is 10.2. The Hall–Kier alpha value is -2.46. The minimum atomic E-state index is -0.298. The van der Waals surface area contributed by atoms with Gasteiger partial charge >= 0.3 is 0 Å². The maximum absolute atomic E-state index is 12.3. The molecule has 5 heteroatoms. The molecular formula is C16H12ClN3O. The SMILES string of the molecule is Cc1nc2ccccc2nc1C(=O)Nc1cccc(Cl)c1. The number of carbonyl (C=O) groups is 1. The number of aryl methyl sites for hydroxylation is 1. The number of carbonyl (C=O) groups excluding carboxylic acids is 1. The van der Waals surface area contributed by atoms with Gasteiger partial charge in [-0.15, -0.1) is 0 Å². The van der Waals surface area contributed by atoms with E-state index in [0.717, 1.165) is 5.52 Å². The summed E-state index contributed by atoms with van der Waals surface area (Å²) in [5.74, 6) is -0.298. The number of benzene rings is 2. The molecular weight excluding hydrogens is 286 g/mol. The molecule has 1 N–H and O–H groups in total. The summed E-state index contributed by atoms with van der Waals surface area (Å²) in [6.45, 7) is 1.77. The van der Waals surface area contributed by atoms with Gasteiger partial charge in [-0.2, -0.15) is 0 Å². The molecule has 0 bridgehead atoms. The third kappa shape index (κ3) is 2.85. The molecule has 1 heterocycles. The summed E-state index contributed by atoms with van der Waals surface area (Å²) >= 11 is 5.90. The number of amides is 1. The quantitative estimate of drug-likeness (QED) is 0.782. The second-order valence-corrected chi connectivity index (χ2v) is 5.05. The van der Waals surface area contributed by atoms with Gasteiger partial charge in [-0.3, -0.25) is 4.79 Å². The van der Waals surface area contributed by atoms with Gasteiger partial charge < -0.3 is 5.32 Å². The lowest BCUT2D eigenvalue weighted by molar-refractivity contribution is 0.102. The van der Waals surface area contributed by atoms with Crippen LogP contribution in [0.2, 0.25) is 5.02 Å². The first-order chi connectivity index (χ1) is 10.1. The van der Waals surface area contributed by atoms with Crippen molar-refractivity contribution in [2.24, 2.45) is 0 Å². The Morgan fingerprint density at radius 3 is 2.48 bits per heavy atom. The first kappa shape index (κ1) is 13.5. The van der Waals surface area contributed by atoms with Gasteiger partial charge in [0.25, 0.3) is 5.91 Å². The van der Waals surface area contributed by atoms with Gasteiger partial charge in [-0.05, 0) is 37.3 Å². The molecule has 0 unspecified atom stereocenters. The Morgan fingerprint density at radius 2 is 1.76 bits per heavy atom. The summed E-state index contributed by atoms with van der Waals surface area (Å²) in [5, 5.41) is 3.34. The van der Waals surface area contributed by atoms with Crippen LogP contribution in [0.15, 0.2) is 48.5 Å². The molecule has 0 aliphatic carbocycles. The van der Waals surface area contributed by atoms with Gasteiger partial charge in [0.05, 0.1) is 16.7 Å². The highest BCUT2D eigenvalue weighted by Gasteiger charge is 2.13. The summed E-state index contributed by atoms with van der Waals surface area (Å²) in [7, 11) is 0. The fourth-order valence-corrected chi connectivity index (χ4v) is 2.25. The average Bonchev–Trinajstić information content (AvgIpc) is 2.46. The predicted octanol–water partition coefficient (Wildman–Crippen LogP) is 3.84. The molecule has 1 amide bonds. The van der Waals surface area contributed by atoms with Crippen molar-refractivity contribution in [2.45, 2.75) is 6.92 Å². The number of aromatic nitrogens is 2. The molecule has 0 atom stereocenters. The van der Waals surface area contributed by atoms with E-state index < -0.39 is 0 Å². The number of anilines is 1. The molecule has 0 spiro atoms. The molecule has 3 rings (SSSR count). The van der Waals surface area contributed by atoms with E-state index in [2.05, 4.69) is 15.3 Å². The fraction of sp³-hybridized carbons (Fsp3) is 0.0625. The van der Waals surface area contributed by atoms with Gasteiger partial charge in [0.1, 0.15) is 5.69 Å². The van der Waals surface area contributed by atoms with E-state index in [4.69, 9.17) is 11.6 Å². The van der Waals surface area contributed by atoms with Gasteiger partial charge in [-0.1, -0.05) is 29.8 Å². The van der Waals surface area contributed by atoms with Gasteiger partial charge in [0.2, 0.25) is 0 Å². The van der Waals surface area contributed by atoms with Crippen LogP contribution in [0.1, 0.15) is 16.2 Å². The molecule has 0 saturated heterocycles. The molecule has 21 heavy (non-hydrogen) atoms. The smallest absolute Gasteiger partial charge is 0.276 e. The van der Waals surface area contributed by atoms with Crippen molar-refractivity contribution in [3.63, 3.8) is 0 Å². The van der Waals surface area contributed by atoms with E-state index >= 15 is 0 Å². The third-order valence-electron chi connectivity index (χ3n) is 3.04. The molecule has 0 aliphatic rings. The van der Waals surface area contributed by atoms with Crippen molar-refractivity contribution >= 4 is 34.2 Å². The second kappa shape index (κ2) is 5.50. The highest BCUT2D eigenvalue weighted by molar-refractivity contribution is 6.30. The second-order valence-electron chi connectivity index (χ2n) is 4.61. The number of halogens is 1. The minimum absolute atomic E-state index is 0.298. The summed E-state index contributed by atoms with van der Waals surface area (Å²) in [5.41, 5.74) is 3.00. The predicted molar refractivity (Wildman–Crippen MR) is 83.7 cm³/mol. The topological polar surface area (TPSA) is 54.9 Å². The van der Waals surface area contributed by atoms with E-state index in [1.807, 2.05) is 24.3 Å². The summed E-state index contributed by atoms with van der Waals surface area (Å²) in [6, 6.07) is 14.4. The third-order valence-corrected chi connectivity index (χ3v) is 3.28. The maximum atomic E-state index is 12.3. The Balaban J connectivity index is 1.96. The molecule has 0 radical (unpaired) electrons. The summed E-state index contributed by atoms with van der Waals surface area (Å²) in [6.07, 6.45) is 0. The van der Waals surface area contributed by atoms with Crippen LogP contribution in [-0.2, 0) is 0 Å². The van der Waals surface area contributed by atoms with E-state index in [1.54, 1.807) is 31.2 Å². The molecule has 0 saturated carbocycles. The Morgan fingerprint density at radius 1 is 1.05 bits per heavy atom. The highest BCUT2D eigenvalue weighted by Crippen LogP contribution is 2.17. The van der Waals surface area contributed by atoms with Crippen molar-refractivity contribution in [1.29, 1.82) is 0 Å². The van der Waals surface area contributed by atoms with Crippen LogP contribution in [-0.4, -0.2) is 15.9 Å². The monoisotopic (exact) mass is 297 g/mol. The zero-order chi connectivity index (χ0) is 14.8. The summed E-state index contributed by atoms with van der Waals surface area (Å²) in [4.78, 5) is 21.1. The fourth-order valence-electron chi connectivity index (χ4n) is 2.06. The van der Waals surface area contributed by atoms with E-state index in [0.29, 0.717) is 27.6 Å². The standard InChI is InChI=1S/C16H12ClN3O/c1-10-15(20-14-8-3-2-7-13(14)18-10)16(21)19-12-6-4-5-11(17)9-12/h2-9H,1H3,(H,19,21). The number of hydrogen-bond acceptors (Lipinski definition) is 3. The van der Waals surface area contributed by atoms with Crippen molar-refractivity contribution in [2.75, 3.05) is 5.32 Å².